The van der Waals surface area contributed by atoms with E-state index in [-0.39, 0.29) is 11.8 Å². The molecule has 0 radical (unpaired) electrons. The molecule has 0 spiro atoms. The molecule has 1 saturated heterocycles. The summed E-state index contributed by atoms with van der Waals surface area (Å²) in [6.07, 6.45) is 3.47. The molecule has 2 N–H and O–H groups in total. The van der Waals surface area contributed by atoms with Gasteiger partial charge in [0.05, 0.1) is 27.2 Å². The van der Waals surface area contributed by atoms with E-state index in [2.05, 4.69) is 36.4 Å². The number of hydrogen-bond donors (Lipinski definition) is 2. The minimum Gasteiger partial charge on any atom is -0.493 e. The molecule has 190 valence electrons. The van der Waals surface area contributed by atoms with Crippen LogP contribution in [-0.4, -0.2) is 50.3 Å². The number of amides is 1. The highest BCUT2D eigenvalue weighted by atomic mass is 79.9. The van der Waals surface area contributed by atoms with Gasteiger partial charge in [-0.05, 0) is 36.6 Å². The van der Waals surface area contributed by atoms with Crippen molar-refractivity contribution in [2.75, 3.05) is 44.6 Å². The zero-order chi connectivity index (χ0) is 25.5. The summed E-state index contributed by atoms with van der Waals surface area (Å²) in [7, 11) is 4.70. The summed E-state index contributed by atoms with van der Waals surface area (Å²) in [4.78, 5) is 24.1. The van der Waals surface area contributed by atoms with Gasteiger partial charge >= 0.3 is 0 Å². The third-order valence-corrected chi connectivity index (χ3v) is 6.53. The zero-order valence-electron chi connectivity index (χ0n) is 20.6. The van der Waals surface area contributed by atoms with Gasteiger partial charge in [-0.2, -0.15) is 4.98 Å². The molecular formula is C26H30BrN5O4. The van der Waals surface area contributed by atoms with Gasteiger partial charge in [0.25, 0.3) is 0 Å². The van der Waals surface area contributed by atoms with E-state index in [9.17, 15) is 4.79 Å². The van der Waals surface area contributed by atoms with Gasteiger partial charge in [0.15, 0.2) is 11.5 Å². The average Bonchev–Trinajstić information content (AvgIpc) is 2.91. The Morgan fingerprint density at radius 1 is 1.11 bits per heavy atom. The lowest BCUT2D eigenvalue weighted by atomic mass is 9.97. The molecule has 3 aromatic rings. The van der Waals surface area contributed by atoms with Gasteiger partial charge < -0.3 is 29.7 Å². The highest BCUT2D eigenvalue weighted by Crippen LogP contribution is 2.40. The monoisotopic (exact) mass is 555 g/mol. The van der Waals surface area contributed by atoms with Gasteiger partial charge in [0.2, 0.25) is 17.6 Å². The molecule has 1 aliphatic heterocycles. The zero-order valence-corrected chi connectivity index (χ0v) is 22.2. The van der Waals surface area contributed by atoms with Gasteiger partial charge in [0.1, 0.15) is 5.82 Å². The van der Waals surface area contributed by atoms with Gasteiger partial charge in [-0.25, -0.2) is 4.98 Å². The van der Waals surface area contributed by atoms with Crippen molar-refractivity contribution in [2.24, 2.45) is 5.92 Å². The van der Waals surface area contributed by atoms with Crippen LogP contribution in [0.2, 0.25) is 0 Å². The van der Waals surface area contributed by atoms with Crippen molar-refractivity contribution in [1.29, 1.82) is 0 Å². The molecule has 10 heteroatoms. The molecule has 4 rings (SSSR count). The molecule has 1 amide bonds. The first-order valence-corrected chi connectivity index (χ1v) is 12.5. The first-order chi connectivity index (χ1) is 17.5. The third kappa shape index (κ3) is 6.17. The van der Waals surface area contributed by atoms with Crippen molar-refractivity contribution in [3.63, 3.8) is 0 Å². The number of aromatic nitrogens is 2. The molecular weight excluding hydrogens is 526 g/mol. The number of anilines is 3. The lowest BCUT2D eigenvalue weighted by molar-refractivity contribution is -0.125. The largest absolute Gasteiger partial charge is 0.493 e. The number of benzene rings is 2. The van der Waals surface area contributed by atoms with E-state index in [0.717, 1.165) is 35.2 Å². The Balaban J connectivity index is 1.43. The highest BCUT2D eigenvalue weighted by molar-refractivity contribution is 9.10. The van der Waals surface area contributed by atoms with Crippen LogP contribution in [0.25, 0.3) is 0 Å². The number of hydrogen-bond acceptors (Lipinski definition) is 8. The van der Waals surface area contributed by atoms with Crippen LogP contribution in [0.15, 0.2) is 53.1 Å². The molecule has 1 aliphatic rings. The van der Waals surface area contributed by atoms with Crippen LogP contribution in [0.3, 0.4) is 0 Å². The average molecular weight is 556 g/mol. The lowest BCUT2D eigenvalue weighted by Gasteiger charge is -2.33. The van der Waals surface area contributed by atoms with Crippen molar-refractivity contribution in [3.8, 4) is 17.2 Å². The Morgan fingerprint density at radius 3 is 2.58 bits per heavy atom. The fourth-order valence-corrected chi connectivity index (χ4v) is 4.69. The number of halogens is 1. The minimum absolute atomic E-state index is 0.0597. The van der Waals surface area contributed by atoms with Crippen molar-refractivity contribution in [2.45, 2.75) is 19.4 Å². The number of ether oxygens (including phenoxy) is 3. The van der Waals surface area contributed by atoms with E-state index in [0.29, 0.717) is 42.0 Å². The Morgan fingerprint density at radius 2 is 1.89 bits per heavy atom. The lowest BCUT2D eigenvalue weighted by Crippen LogP contribution is -2.43. The van der Waals surface area contributed by atoms with Crippen molar-refractivity contribution in [3.05, 3.63) is 58.7 Å². The first-order valence-electron chi connectivity index (χ1n) is 11.7. The fourth-order valence-electron chi connectivity index (χ4n) is 4.25. The maximum Gasteiger partial charge on any atom is 0.229 e. The van der Waals surface area contributed by atoms with Gasteiger partial charge in [-0.1, -0.05) is 28.1 Å². The predicted octanol–water partition coefficient (Wildman–Crippen LogP) is 4.54. The molecule has 9 nitrogen and oxygen atoms in total. The Kier molecular flexibility index (Phi) is 8.48. The molecule has 2 aromatic carbocycles. The van der Waals surface area contributed by atoms with Crippen LogP contribution >= 0.6 is 15.9 Å². The minimum atomic E-state index is -0.104. The number of methoxy groups -OCH3 is 3. The van der Waals surface area contributed by atoms with Crippen LogP contribution in [-0.2, 0) is 11.3 Å². The van der Waals surface area contributed by atoms with Gasteiger partial charge in [0, 0.05) is 48.1 Å². The maximum absolute atomic E-state index is 12.9. The first kappa shape index (κ1) is 25.6. The quantitative estimate of drug-likeness (QED) is 0.397. The Hall–Kier alpha value is -3.53. The summed E-state index contributed by atoms with van der Waals surface area (Å²) >= 11 is 3.47. The summed E-state index contributed by atoms with van der Waals surface area (Å²) < 4.78 is 17.2. The van der Waals surface area contributed by atoms with Gasteiger partial charge in [-0.15, -0.1) is 0 Å². The predicted molar refractivity (Wildman–Crippen MR) is 142 cm³/mol. The summed E-state index contributed by atoms with van der Waals surface area (Å²) in [6.45, 7) is 1.94. The molecule has 1 fully saturated rings. The standard InChI is InChI=1S/C26H30BrN5O4/c1-34-21-13-20(14-22(35-2)24(21)36-3)30-26-28-10-9-23(31-26)32-11-5-7-18(16-32)25(33)29-15-17-6-4-8-19(27)12-17/h4,6,8-10,12-14,18H,5,7,11,15-16H2,1-3H3,(H,29,33)(H,28,30,31)/t18-/m0/s1. The van der Waals surface area contributed by atoms with Crippen LogP contribution < -0.4 is 29.7 Å². The van der Waals surface area contributed by atoms with E-state index < -0.39 is 0 Å². The number of piperidine rings is 1. The van der Waals surface area contributed by atoms with Crippen molar-refractivity contribution in [1.82, 2.24) is 15.3 Å². The van der Waals surface area contributed by atoms with Crippen LogP contribution in [0, 0.1) is 5.92 Å². The van der Waals surface area contributed by atoms with Crippen LogP contribution in [0.5, 0.6) is 17.2 Å². The second kappa shape index (κ2) is 11.9. The fraction of sp³-hybridized carbons (Fsp3) is 0.346. The van der Waals surface area contributed by atoms with E-state index in [1.165, 1.54) is 0 Å². The molecule has 0 unspecified atom stereocenters. The number of carbonyl (C=O) groups excluding carboxylic acids is 1. The number of rotatable bonds is 9. The second-order valence-corrected chi connectivity index (χ2v) is 9.33. The smallest absolute Gasteiger partial charge is 0.229 e. The number of nitrogens with zero attached hydrogens (tertiary/aromatic N) is 3. The Labute approximate surface area is 219 Å². The summed E-state index contributed by atoms with van der Waals surface area (Å²) in [5, 5.41) is 6.29. The van der Waals surface area contributed by atoms with E-state index in [1.807, 2.05) is 30.3 Å². The topological polar surface area (TPSA) is 97.8 Å². The van der Waals surface area contributed by atoms with E-state index >= 15 is 0 Å². The van der Waals surface area contributed by atoms with Crippen molar-refractivity contribution >= 4 is 39.3 Å². The molecule has 0 aliphatic carbocycles. The number of nitrogens with one attached hydrogen (secondary N) is 2. The molecule has 36 heavy (non-hydrogen) atoms. The maximum atomic E-state index is 12.9. The number of carbonyl (C=O) groups is 1. The summed E-state index contributed by atoms with van der Waals surface area (Å²) in [5.74, 6) is 2.73. The van der Waals surface area contributed by atoms with E-state index in [4.69, 9.17) is 19.2 Å². The molecule has 1 aromatic heterocycles. The van der Waals surface area contributed by atoms with Crippen molar-refractivity contribution < 1.29 is 19.0 Å². The SMILES string of the molecule is COc1cc(Nc2nccc(N3CCC[C@H](C(=O)NCc4cccc(Br)c4)C3)n2)cc(OC)c1OC. The third-order valence-electron chi connectivity index (χ3n) is 6.03. The molecule has 2 heterocycles. The second-order valence-electron chi connectivity index (χ2n) is 8.41. The summed E-state index contributed by atoms with van der Waals surface area (Å²) in [5.41, 5.74) is 1.76. The molecule has 1 atom stereocenters. The molecule has 0 saturated carbocycles. The van der Waals surface area contributed by atoms with Gasteiger partial charge in [-0.3, -0.25) is 4.79 Å². The van der Waals surface area contributed by atoms with E-state index in [1.54, 1.807) is 39.7 Å². The van der Waals surface area contributed by atoms with Crippen LogP contribution in [0.4, 0.5) is 17.5 Å². The molecule has 0 bridgehead atoms. The Bertz CT molecular complexity index is 1180. The normalized spacial score (nSPS) is 15.2. The van der Waals surface area contributed by atoms with Crippen LogP contribution in [0.1, 0.15) is 18.4 Å². The summed E-state index contributed by atoms with van der Waals surface area (Å²) in [6, 6.07) is 13.4. The highest BCUT2D eigenvalue weighted by Gasteiger charge is 2.26.